The van der Waals surface area contributed by atoms with Crippen molar-refractivity contribution in [3.05, 3.63) is 30.1 Å². The summed E-state index contributed by atoms with van der Waals surface area (Å²) >= 11 is 5.07. The predicted octanol–water partition coefficient (Wildman–Crippen LogP) is 2.75. The lowest BCUT2D eigenvalue weighted by molar-refractivity contribution is 0.171. The van der Waals surface area contributed by atoms with Crippen molar-refractivity contribution < 1.29 is 9.18 Å². The molecule has 0 saturated carbocycles. The lowest BCUT2D eigenvalue weighted by Gasteiger charge is -2.38. The quantitative estimate of drug-likeness (QED) is 0.825. The number of amides is 2. The topological polar surface area (TPSA) is 58.4 Å². The number of carbonyl (C=O) groups excluding carboxylic acids is 1. The number of benzene rings is 1. The number of hydrogen-bond donors (Lipinski definition) is 2. The first-order valence-electron chi connectivity index (χ1n) is 6.52. The molecule has 1 aliphatic rings. The molecule has 0 atom stereocenters. The maximum Gasteiger partial charge on any atom is 0.321 e. The van der Waals surface area contributed by atoms with E-state index in [1.807, 2.05) is 6.92 Å². The normalized spacial score (nSPS) is 17.6. The maximum absolute atomic E-state index is 13.1. The molecule has 4 nitrogen and oxygen atoms in total. The van der Waals surface area contributed by atoms with Gasteiger partial charge in [-0.1, -0.05) is 25.2 Å². The highest BCUT2D eigenvalue weighted by atomic mass is 32.1. The van der Waals surface area contributed by atoms with E-state index in [4.69, 9.17) is 18.0 Å². The lowest BCUT2D eigenvalue weighted by Crippen LogP contribution is -2.47. The molecular weight excluding hydrogens is 277 g/mol. The van der Waals surface area contributed by atoms with Crippen LogP contribution in [-0.4, -0.2) is 29.0 Å². The summed E-state index contributed by atoms with van der Waals surface area (Å²) in [6, 6.07) is 5.63. The molecule has 1 fully saturated rings. The summed E-state index contributed by atoms with van der Waals surface area (Å²) < 4.78 is 13.1. The van der Waals surface area contributed by atoms with Crippen LogP contribution in [0.25, 0.3) is 0 Å². The highest BCUT2D eigenvalue weighted by Gasteiger charge is 2.34. The highest BCUT2D eigenvalue weighted by molar-refractivity contribution is 7.80. The molecule has 6 heteroatoms. The summed E-state index contributed by atoms with van der Waals surface area (Å²) in [7, 11) is 0. The molecule has 1 aromatic rings. The van der Waals surface area contributed by atoms with Gasteiger partial charge in [0.2, 0.25) is 0 Å². The summed E-state index contributed by atoms with van der Waals surface area (Å²) in [5.41, 5.74) is 6.01. The van der Waals surface area contributed by atoms with E-state index in [9.17, 15) is 9.18 Å². The minimum Gasteiger partial charge on any atom is -0.393 e. The fourth-order valence-corrected chi connectivity index (χ4v) is 2.42. The first-order chi connectivity index (χ1) is 9.40. The van der Waals surface area contributed by atoms with Gasteiger partial charge in [-0.05, 0) is 31.0 Å². The number of piperidine rings is 1. The van der Waals surface area contributed by atoms with Crippen LogP contribution >= 0.6 is 12.2 Å². The SMILES string of the molecule is CC1(C(N)=S)CCN(C(=O)Nc2cccc(F)c2)CC1. The third-order valence-corrected chi connectivity index (χ3v) is 4.32. The van der Waals surface area contributed by atoms with E-state index < -0.39 is 0 Å². The van der Waals surface area contributed by atoms with Crippen molar-refractivity contribution in [2.24, 2.45) is 11.1 Å². The molecule has 0 spiro atoms. The van der Waals surface area contributed by atoms with Crippen molar-refractivity contribution in [1.82, 2.24) is 4.90 Å². The molecule has 0 aliphatic carbocycles. The van der Waals surface area contributed by atoms with Crippen molar-refractivity contribution in [2.45, 2.75) is 19.8 Å². The second-order valence-corrected chi connectivity index (χ2v) is 5.79. The van der Waals surface area contributed by atoms with E-state index in [1.165, 1.54) is 12.1 Å². The third kappa shape index (κ3) is 3.25. The summed E-state index contributed by atoms with van der Waals surface area (Å²) in [6.07, 6.45) is 1.50. The largest absolute Gasteiger partial charge is 0.393 e. The Labute approximate surface area is 123 Å². The minimum atomic E-state index is -0.373. The Kier molecular flexibility index (Phi) is 4.23. The van der Waals surface area contributed by atoms with Crippen LogP contribution in [-0.2, 0) is 0 Å². The Morgan fingerprint density at radius 3 is 2.65 bits per heavy atom. The number of nitrogens with zero attached hydrogens (tertiary/aromatic N) is 1. The molecule has 2 amide bonds. The highest BCUT2D eigenvalue weighted by Crippen LogP contribution is 2.31. The zero-order valence-electron chi connectivity index (χ0n) is 11.4. The molecule has 2 rings (SSSR count). The zero-order chi connectivity index (χ0) is 14.8. The summed E-state index contributed by atoms with van der Waals surface area (Å²) in [6.45, 7) is 3.21. The maximum atomic E-state index is 13.1. The number of halogens is 1. The number of urea groups is 1. The Morgan fingerprint density at radius 2 is 2.10 bits per heavy atom. The van der Waals surface area contributed by atoms with Crippen molar-refractivity contribution in [3.63, 3.8) is 0 Å². The molecule has 108 valence electrons. The number of likely N-dealkylation sites (tertiary alicyclic amines) is 1. The summed E-state index contributed by atoms with van der Waals surface area (Å²) in [5, 5.41) is 2.69. The van der Waals surface area contributed by atoms with Crippen LogP contribution in [0.15, 0.2) is 24.3 Å². The monoisotopic (exact) mass is 295 g/mol. The van der Waals surface area contributed by atoms with Gasteiger partial charge in [0, 0.05) is 24.2 Å². The van der Waals surface area contributed by atoms with Gasteiger partial charge in [0.15, 0.2) is 0 Å². The molecule has 3 N–H and O–H groups in total. The molecule has 1 aromatic carbocycles. The standard InChI is InChI=1S/C14H18FN3OS/c1-14(12(16)20)5-7-18(8-6-14)13(19)17-11-4-2-3-10(15)9-11/h2-4,9H,5-8H2,1H3,(H2,16,20)(H,17,19). The number of carbonyl (C=O) groups is 1. The molecule has 0 radical (unpaired) electrons. The molecule has 20 heavy (non-hydrogen) atoms. The Balaban J connectivity index is 1.94. The number of nitrogens with two attached hydrogens (primary N) is 1. The molecule has 0 aromatic heterocycles. The Morgan fingerprint density at radius 1 is 1.45 bits per heavy atom. The van der Waals surface area contributed by atoms with E-state index >= 15 is 0 Å². The van der Waals surface area contributed by atoms with E-state index in [-0.39, 0.29) is 17.3 Å². The first-order valence-corrected chi connectivity index (χ1v) is 6.93. The van der Waals surface area contributed by atoms with E-state index in [0.29, 0.717) is 23.8 Å². The van der Waals surface area contributed by atoms with Gasteiger partial charge < -0.3 is 16.0 Å². The smallest absolute Gasteiger partial charge is 0.321 e. The van der Waals surface area contributed by atoms with E-state index in [1.54, 1.807) is 17.0 Å². The Bertz CT molecular complexity index is 527. The second kappa shape index (κ2) is 5.75. The summed E-state index contributed by atoms with van der Waals surface area (Å²) in [4.78, 5) is 14.3. The second-order valence-electron chi connectivity index (χ2n) is 5.35. The van der Waals surface area contributed by atoms with Crippen LogP contribution in [0.4, 0.5) is 14.9 Å². The molecule has 1 saturated heterocycles. The van der Waals surface area contributed by atoms with Crippen molar-refractivity contribution >= 4 is 28.9 Å². The lowest BCUT2D eigenvalue weighted by atomic mass is 9.80. The minimum absolute atomic E-state index is 0.176. The summed E-state index contributed by atoms with van der Waals surface area (Å²) in [5.74, 6) is -0.373. The van der Waals surface area contributed by atoms with Crippen molar-refractivity contribution in [1.29, 1.82) is 0 Å². The average molecular weight is 295 g/mol. The van der Waals surface area contributed by atoms with Gasteiger partial charge >= 0.3 is 6.03 Å². The van der Waals surface area contributed by atoms with Crippen LogP contribution in [0.2, 0.25) is 0 Å². The van der Waals surface area contributed by atoms with Gasteiger partial charge in [-0.15, -0.1) is 0 Å². The van der Waals surface area contributed by atoms with Gasteiger partial charge in [0.1, 0.15) is 5.82 Å². The van der Waals surface area contributed by atoms with Crippen LogP contribution in [0, 0.1) is 11.2 Å². The fourth-order valence-electron chi connectivity index (χ4n) is 2.22. The average Bonchev–Trinajstić information content (AvgIpc) is 2.39. The van der Waals surface area contributed by atoms with Crippen LogP contribution in [0.1, 0.15) is 19.8 Å². The van der Waals surface area contributed by atoms with Gasteiger partial charge in [-0.25, -0.2) is 9.18 Å². The first kappa shape index (κ1) is 14.7. The number of nitrogens with one attached hydrogen (secondary N) is 1. The number of hydrogen-bond acceptors (Lipinski definition) is 2. The van der Waals surface area contributed by atoms with Crippen LogP contribution in [0.3, 0.4) is 0 Å². The van der Waals surface area contributed by atoms with E-state index in [2.05, 4.69) is 5.32 Å². The molecule has 1 heterocycles. The van der Waals surface area contributed by atoms with Crippen LogP contribution < -0.4 is 11.1 Å². The third-order valence-electron chi connectivity index (χ3n) is 3.82. The molecule has 0 bridgehead atoms. The fraction of sp³-hybridized carbons (Fsp3) is 0.429. The molecule has 1 aliphatic heterocycles. The van der Waals surface area contributed by atoms with Gasteiger partial charge in [-0.3, -0.25) is 0 Å². The number of anilines is 1. The Hall–Kier alpha value is -1.69. The number of thiocarbonyl (C=S) groups is 1. The number of rotatable bonds is 2. The predicted molar refractivity (Wildman–Crippen MR) is 81.1 cm³/mol. The molecule has 0 unspecified atom stereocenters. The van der Waals surface area contributed by atoms with E-state index in [0.717, 1.165) is 12.8 Å². The van der Waals surface area contributed by atoms with Crippen molar-refractivity contribution in [2.75, 3.05) is 18.4 Å². The van der Waals surface area contributed by atoms with Gasteiger partial charge in [-0.2, -0.15) is 0 Å². The van der Waals surface area contributed by atoms with Crippen molar-refractivity contribution in [3.8, 4) is 0 Å². The van der Waals surface area contributed by atoms with Gasteiger partial charge in [0.25, 0.3) is 0 Å². The molecular formula is C14H18FN3OS. The van der Waals surface area contributed by atoms with Crippen LogP contribution in [0.5, 0.6) is 0 Å². The van der Waals surface area contributed by atoms with Gasteiger partial charge in [0.05, 0.1) is 4.99 Å². The zero-order valence-corrected chi connectivity index (χ0v) is 12.2.